The minimum absolute atomic E-state index is 0.0658. The molecule has 3 heteroatoms. The van der Waals surface area contributed by atoms with Crippen LogP contribution in [-0.4, -0.2) is 18.4 Å². The van der Waals surface area contributed by atoms with E-state index in [4.69, 9.17) is 0 Å². The number of methoxy groups -OCH3 is 1. The first-order valence-corrected chi connectivity index (χ1v) is 6.53. The van der Waals surface area contributed by atoms with Gasteiger partial charge in [0.05, 0.1) is 7.11 Å². The fraction of sp³-hybridized carbons (Fsp3) is 0.909. The highest BCUT2D eigenvalue weighted by molar-refractivity contribution is 9.09. The molecule has 14 heavy (non-hydrogen) atoms. The summed E-state index contributed by atoms with van der Waals surface area (Å²) in [5.41, 5.74) is 0. The molecule has 0 amide bonds. The predicted molar refractivity (Wildman–Crippen MR) is 60.5 cm³/mol. The molecule has 0 saturated heterocycles. The van der Waals surface area contributed by atoms with Crippen LogP contribution in [0.3, 0.4) is 0 Å². The molecule has 0 heterocycles. The third-order valence-corrected chi connectivity index (χ3v) is 4.04. The summed E-state index contributed by atoms with van der Waals surface area (Å²) in [7, 11) is 1.46. The summed E-state index contributed by atoms with van der Waals surface area (Å²) < 4.78 is 4.66. The zero-order valence-corrected chi connectivity index (χ0v) is 10.4. The average Bonchev–Trinajstić information content (AvgIpc) is 2.26. The topological polar surface area (TPSA) is 26.3 Å². The van der Waals surface area contributed by atoms with Crippen molar-refractivity contribution in [1.82, 2.24) is 0 Å². The Morgan fingerprint density at radius 2 is 2.00 bits per heavy atom. The van der Waals surface area contributed by atoms with E-state index >= 15 is 0 Å². The Morgan fingerprint density at radius 1 is 1.36 bits per heavy atom. The molecular formula is C11H19BrO2. The van der Waals surface area contributed by atoms with Gasteiger partial charge in [-0.3, -0.25) is 4.79 Å². The molecule has 2 nitrogen and oxygen atoms in total. The molecule has 0 unspecified atom stereocenters. The molecule has 0 bridgehead atoms. The van der Waals surface area contributed by atoms with E-state index in [0.717, 1.165) is 23.6 Å². The van der Waals surface area contributed by atoms with E-state index < -0.39 is 0 Å². The van der Waals surface area contributed by atoms with Crippen LogP contribution < -0.4 is 0 Å². The van der Waals surface area contributed by atoms with Crippen molar-refractivity contribution in [3.8, 4) is 0 Å². The van der Waals surface area contributed by atoms with Crippen LogP contribution in [0.5, 0.6) is 0 Å². The number of carbonyl (C=O) groups is 1. The van der Waals surface area contributed by atoms with Crippen LogP contribution in [0.2, 0.25) is 0 Å². The molecule has 0 aromatic heterocycles. The normalized spacial score (nSPS) is 27.3. The van der Waals surface area contributed by atoms with Crippen LogP contribution in [0, 0.1) is 11.8 Å². The quantitative estimate of drug-likeness (QED) is 0.575. The molecule has 1 fully saturated rings. The van der Waals surface area contributed by atoms with Gasteiger partial charge in [-0.2, -0.15) is 0 Å². The minimum Gasteiger partial charge on any atom is -0.469 e. The molecule has 0 radical (unpaired) electrons. The van der Waals surface area contributed by atoms with E-state index in [0.29, 0.717) is 6.42 Å². The second-order valence-corrected chi connectivity index (χ2v) is 4.72. The molecule has 0 aliphatic heterocycles. The van der Waals surface area contributed by atoms with Crippen molar-refractivity contribution in [2.75, 3.05) is 12.4 Å². The summed E-state index contributed by atoms with van der Waals surface area (Å²) >= 11 is 3.56. The van der Waals surface area contributed by atoms with E-state index in [2.05, 4.69) is 20.7 Å². The molecule has 2 atom stereocenters. The lowest BCUT2D eigenvalue weighted by Gasteiger charge is -2.29. The Bertz CT molecular complexity index is 182. The third-order valence-electron chi connectivity index (χ3n) is 3.21. The third kappa shape index (κ3) is 3.60. The van der Waals surface area contributed by atoms with Gasteiger partial charge in [0.2, 0.25) is 0 Å². The van der Waals surface area contributed by atoms with Crippen molar-refractivity contribution in [2.45, 2.75) is 38.5 Å². The largest absolute Gasteiger partial charge is 0.469 e. The number of rotatable bonds is 4. The Hall–Kier alpha value is -0.0500. The van der Waals surface area contributed by atoms with Crippen LogP contribution in [0.1, 0.15) is 38.5 Å². The second-order valence-electron chi connectivity index (χ2n) is 4.07. The Balaban J connectivity index is 2.29. The Labute approximate surface area is 94.5 Å². The van der Waals surface area contributed by atoms with E-state index in [1.807, 2.05) is 0 Å². The molecule has 0 spiro atoms. The first-order valence-electron chi connectivity index (χ1n) is 5.40. The van der Waals surface area contributed by atoms with E-state index in [1.54, 1.807) is 0 Å². The van der Waals surface area contributed by atoms with Crippen molar-refractivity contribution in [1.29, 1.82) is 0 Å². The first kappa shape index (κ1) is 12.0. The molecule has 0 N–H and O–H groups in total. The number of ether oxygens (including phenoxy) is 1. The van der Waals surface area contributed by atoms with Gasteiger partial charge in [-0.05, 0) is 24.7 Å². The zero-order valence-electron chi connectivity index (χ0n) is 8.80. The predicted octanol–water partition coefficient (Wildman–Crippen LogP) is 3.14. The highest BCUT2D eigenvalue weighted by Gasteiger charge is 2.24. The van der Waals surface area contributed by atoms with Crippen molar-refractivity contribution >= 4 is 21.9 Å². The van der Waals surface area contributed by atoms with E-state index in [-0.39, 0.29) is 5.97 Å². The van der Waals surface area contributed by atoms with E-state index in [1.165, 1.54) is 32.8 Å². The van der Waals surface area contributed by atoms with Gasteiger partial charge in [-0.1, -0.05) is 35.2 Å². The summed E-state index contributed by atoms with van der Waals surface area (Å²) in [6, 6.07) is 0. The first-order chi connectivity index (χ1) is 6.77. The lowest BCUT2D eigenvalue weighted by Crippen LogP contribution is -2.21. The fourth-order valence-electron chi connectivity index (χ4n) is 2.27. The van der Waals surface area contributed by atoms with Crippen LogP contribution in [0.15, 0.2) is 0 Å². The lowest BCUT2D eigenvalue weighted by atomic mass is 9.78. The number of halogens is 1. The maximum absolute atomic E-state index is 11.0. The zero-order chi connectivity index (χ0) is 10.4. The number of carbonyl (C=O) groups excluding carboxylic acids is 1. The molecule has 1 aliphatic carbocycles. The Morgan fingerprint density at radius 3 is 2.57 bits per heavy atom. The van der Waals surface area contributed by atoms with Gasteiger partial charge in [0.15, 0.2) is 0 Å². The van der Waals surface area contributed by atoms with Gasteiger partial charge in [0.1, 0.15) is 0 Å². The van der Waals surface area contributed by atoms with E-state index in [9.17, 15) is 4.79 Å². The molecule has 0 aromatic rings. The molecule has 0 aromatic carbocycles. The monoisotopic (exact) mass is 262 g/mol. The molecular weight excluding hydrogens is 244 g/mol. The van der Waals surface area contributed by atoms with Crippen LogP contribution >= 0.6 is 15.9 Å². The van der Waals surface area contributed by atoms with Crippen LogP contribution in [0.25, 0.3) is 0 Å². The SMILES string of the molecule is COC(=O)CC[C@@H]1CCCC[C@@H]1CBr. The summed E-state index contributed by atoms with van der Waals surface area (Å²) in [6.45, 7) is 0. The van der Waals surface area contributed by atoms with Crippen LogP contribution in [0.4, 0.5) is 0 Å². The van der Waals surface area contributed by atoms with Gasteiger partial charge >= 0.3 is 5.97 Å². The van der Waals surface area contributed by atoms with Crippen molar-refractivity contribution in [2.24, 2.45) is 11.8 Å². The van der Waals surface area contributed by atoms with Gasteiger partial charge in [-0.25, -0.2) is 0 Å². The number of hydrogen-bond acceptors (Lipinski definition) is 2. The molecule has 82 valence electrons. The van der Waals surface area contributed by atoms with Gasteiger partial charge in [-0.15, -0.1) is 0 Å². The van der Waals surface area contributed by atoms with Gasteiger partial charge in [0.25, 0.3) is 0 Å². The summed E-state index contributed by atoms with van der Waals surface area (Å²) in [5.74, 6) is 1.43. The van der Waals surface area contributed by atoms with Crippen LogP contribution in [-0.2, 0) is 9.53 Å². The minimum atomic E-state index is -0.0658. The number of hydrogen-bond donors (Lipinski definition) is 0. The summed E-state index contributed by atoms with van der Waals surface area (Å²) in [4.78, 5) is 11.0. The van der Waals surface area contributed by atoms with Gasteiger partial charge < -0.3 is 4.74 Å². The van der Waals surface area contributed by atoms with Crippen molar-refractivity contribution in [3.05, 3.63) is 0 Å². The Kier molecular flexibility index (Phi) is 5.53. The maximum atomic E-state index is 11.0. The average molecular weight is 263 g/mol. The molecule has 1 saturated carbocycles. The van der Waals surface area contributed by atoms with Crippen molar-refractivity contribution in [3.63, 3.8) is 0 Å². The summed E-state index contributed by atoms with van der Waals surface area (Å²) in [6.07, 6.45) is 6.87. The van der Waals surface area contributed by atoms with Crippen molar-refractivity contribution < 1.29 is 9.53 Å². The van der Waals surface area contributed by atoms with Gasteiger partial charge in [0, 0.05) is 11.8 Å². The molecule has 1 rings (SSSR count). The number of alkyl halides is 1. The second kappa shape index (κ2) is 6.44. The highest BCUT2D eigenvalue weighted by atomic mass is 79.9. The number of esters is 1. The smallest absolute Gasteiger partial charge is 0.305 e. The standard InChI is InChI=1S/C11H19BrO2/c1-14-11(13)7-6-9-4-2-3-5-10(9)8-12/h9-10H,2-8H2,1H3/t9-,10+/m0/s1. The fourth-order valence-corrected chi connectivity index (χ4v) is 3.13. The summed E-state index contributed by atoms with van der Waals surface area (Å²) in [5, 5.41) is 1.08. The lowest BCUT2D eigenvalue weighted by molar-refractivity contribution is -0.141. The maximum Gasteiger partial charge on any atom is 0.305 e. The highest BCUT2D eigenvalue weighted by Crippen LogP contribution is 2.34. The molecule has 1 aliphatic rings.